The Morgan fingerprint density at radius 3 is 2.64 bits per heavy atom. The standard InChI is InChI=1S/C15H14N2O4S/c18-15-17-13-10-11(6-7-14(13)21-15)8-9-16-22(19,20)12-4-2-1-3-5-12/h1-7,10,16H,8-9H2,(H,17,18). The van der Waals surface area contributed by atoms with Gasteiger partial charge in [0, 0.05) is 6.54 Å². The van der Waals surface area contributed by atoms with E-state index in [1.165, 1.54) is 0 Å². The summed E-state index contributed by atoms with van der Waals surface area (Å²) < 4.78 is 31.6. The number of hydrogen-bond acceptors (Lipinski definition) is 4. The van der Waals surface area contributed by atoms with E-state index in [-0.39, 0.29) is 11.4 Å². The zero-order valence-electron chi connectivity index (χ0n) is 11.6. The van der Waals surface area contributed by atoms with Crippen LogP contribution < -0.4 is 10.5 Å². The van der Waals surface area contributed by atoms with Crippen molar-refractivity contribution in [1.82, 2.24) is 9.71 Å². The molecule has 0 aliphatic carbocycles. The van der Waals surface area contributed by atoms with Crippen molar-refractivity contribution in [3.8, 4) is 0 Å². The summed E-state index contributed by atoms with van der Waals surface area (Å²) >= 11 is 0. The van der Waals surface area contributed by atoms with Crippen molar-refractivity contribution < 1.29 is 12.8 Å². The van der Waals surface area contributed by atoms with Crippen molar-refractivity contribution in [1.29, 1.82) is 0 Å². The second kappa shape index (κ2) is 5.78. The molecule has 3 rings (SSSR count). The molecule has 2 N–H and O–H groups in total. The first-order valence-corrected chi connectivity index (χ1v) is 8.19. The molecule has 3 aromatic rings. The summed E-state index contributed by atoms with van der Waals surface area (Å²) in [5.74, 6) is -0.503. The molecular formula is C15H14N2O4S. The van der Waals surface area contributed by atoms with E-state index in [1.54, 1.807) is 48.5 Å². The molecule has 0 unspecified atom stereocenters. The number of benzene rings is 2. The first-order chi connectivity index (χ1) is 10.5. The highest BCUT2D eigenvalue weighted by atomic mass is 32.2. The summed E-state index contributed by atoms with van der Waals surface area (Å²) in [6.45, 7) is 0.269. The highest BCUT2D eigenvalue weighted by Crippen LogP contribution is 2.13. The minimum atomic E-state index is -3.50. The second-order valence-corrected chi connectivity index (χ2v) is 6.57. The lowest BCUT2D eigenvalue weighted by molar-refractivity contribution is 0.555. The van der Waals surface area contributed by atoms with Crippen LogP contribution >= 0.6 is 0 Å². The van der Waals surface area contributed by atoms with E-state index in [0.717, 1.165) is 5.56 Å². The van der Waals surface area contributed by atoms with E-state index < -0.39 is 15.8 Å². The summed E-state index contributed by atoms with van der Waals surface area (Å²) in [7, 11) is -3.50. The van der Waals surface area contributed by atoms with Gasteiger partial charge in [-0.15, -0.1) is 0 Å². The Labute approximate surface area is 126 Å². The van der Waals surface area contributed by atoms with Crippen molar-refractivity contribution in [2.75, 3.05) is 6.54 Å². The first-order valence-electron chi connectivity index (χ1n) is 6.71. The third kappa shape index (κ3) is 3.10. The quantitative estimate of drug-likeness (QED) is 0.748. The van der Waals surface area contributed by atoms with Crippen LogP contribution in [0.15, 0.2) is 62.6 Å². The number of fused-ring (bicyclic) bond motifs is 1. The Hall–Kier alpha value is -2.38. The lowest BCUT2D eigenvalue weighted by Crippen LogP contribution is -2.25. The summed E-state index contributed by atoms with van der Waals surface area (Å²) in [4.78, 5) is 13.9. The molecule has 0 radical (unpaired) electrons. The van der Waals surface area contributed by atoms with Crippen LogP contribution in [0.5, 0.6) is 0 Å². The van der Waals surface area contributed by atoms with Crippen molar-refractivity contribution in [3.05, 3.63) is 64.6 Å². The van der Waals surface area contributed by atoms with Crippen LogP contribution in [0.4, 0.5) is 0 Å². The van der Waals surface area contributed by atoms with E-state index >= 15 is 0 Å². The minimum absolute atomic E-state index is 0.240. The molecule has 0 spiro atoms. The maximum atomic E-state index is 12.1. The predicted octanol–water partition coefficient (Wildman–Crippen LogP) is 1.64. The summed E-state index contributed by atoms with van der Waals surface area (Å²) in [6, 6.07) is 13.5. The van der Waals surface area contributed by atoms with Crippen molar-refractivity contribution in [2.24, 2.45) is 0 Å². The van der Waals surface area contributed by atoms with Crippen LogP contribution in [0.1, 0.15) is 5.56 Å². The summed E-state index contributed by atoms with van der Waals surface area (Å²) in [5.41, 5.74) is 1.99. The number of aromatic amines is 1. The average Bonchev–Trinajstić information content (AvgIpc) is 2.87. The highest BCUT2D eigenvalue weighted by Gasteiger charge is 2.12. The maximum Gasteiger partial charge on any atom is 0.417 e. The number of nitrogens with one attached hydrogen (secondary N) is 2. The molecule has 0 aliphatic heterocycles. The van der Waals surface area contributed by atoms with E-state index in [2.05, 4.69) is 9.71 Å². The van der Waals surface area contributed by atoms with Gasteiger partial charge in [0.15, 0.2) is 5.58 Å². The molecule has 0 aliphatic rings. The molecule has 0 saturated heterocycles. The van der Waals surface area contributed by atoms with E-state index in [0.29, 0.717) is 17.5 Å². The maximum absolute atomic E-state index is 12.1. The third-order valence-electron chi connectivity index (χ3n) is 3.24. The van der Waals surface area contributed by atoms with Crippen LogP contribution in [0.3, 0.4) is 0 Å². The molecule has 0 atom stereocenters. The Kier molecular flexibility index (Phi) is 3.82. The lowest BCUT2D eigenvalue weighted by atomic mass is 10.1. The SMILES string of the molecule is O=c1[nH]c2cc(CCNS(=O)(=O)c3ccccc3)ccc2o1. The Morgan fingerprint density at radius 1 is 1.09 bits per heavy atom. The van der Waals surface area contributed by atoms with Crippen LogP contribution in [0.2, 0.25) is 0 Å². The van der Waals surface area contributed by atoms with E-state index in [1.807, 2.05) is 0 Å². The molecule has 1 heterocycles. The van der Waals surface area contributed by atoms with Gasteiger partial charge in [-0.25, -0.2) is 17.9 Å². The minimum Gasteiger partial charge on any atom is -0.408 e. The van der Waals surface area contributed by atoms with Crippen molar-refractivity contribution in [2.45, 2.75) is 11.3 Å². The number of sulfonamides is 1. The highest BCUT2D eigenvalue weighted by molar-refractivity contribution is 7.89. The molecule has 2 aromatic carbocycles. The van der Waals surface area contributed by atoms with Gasteiger partial charge in [0.1, 0.15) is 0 Å². The number of H-pyrrole nitrogens is 1. The zero-order valence-corrected chi connectivity index (χ0v) is 12.4. The molecule has 7 heteroatoms. The third-order valence-corrected chi connectivity index (χ3v) is 4.72. The monoisotopic (exact) mass is 318 g/mol. The van der Waals surface area contributed by atoms with Gasteiger partial charge in [-0.1, -0.05) is 24.3 Å². The van der Waals surface area contributed by atoms with Crippen molar-refractivity contribution >= 4 is 21.1 Å². The molecule has 1 aromatic heterocycles. The summed E-state index contributed by atoms with van der Waals surface area (Å²) in [5, 5.41) is 0. The van der Waals surface area contributed by atoms with Crippen molar-refractivity contribution in [3.63, 3.8) is 0 Å². The van der Waals surface area contributed by atoms with Gasteiger partial charge in [-0.3, -0.25) is 4.98 Å². The molecule has 6 nitrogen and oxygen atoms in total. The summed E-state index contributed by atoms with van der Waals surface area (Å²) in [6.07, 6.45) is 0.509. The largest absolute Gasteiger partial charge is 0.417 e. The van der Waals surface area contributed by atoms with Gasteiger partial charge in [0.05, 0.1) is 10.4 Å². The Balaban J connectivity index is 1.68. The molecule has 0 saturated carbocycles. The smallest absolute Gasteiger partial charge is 0.408 e. The Morgan fingerprint density at radius 2 is 1.86 bits per heavy atom. The number of rotatable bonds is 5. The van der Waals surface area contributed by atoms with Crippen LogP contribution in [0.25, 0.3) is 11.1 Å². The van der Waals surface area contributed by atoms with E-state index in [9.17, 15) is 13.2 Å². The van der Waals surface area contributed by atoms with Crippen LogP contribution in [-0.2, 0) is 16.4 Å². The number of hydrogen-bond donors (Lipinski definition) is 2. The van der Waals surface area contributed by atoms with Gasteiger partial charge in [0.25, 0.3) is 0 Å². The average molecular weight is 318 g/mol. The fraction of sp³-hybridized carbons (Fsp3) is 0.133. The topological polar surface area (TPSA) is 92.2 Å². The molecule has 0 bridgehead atoms. The lowest BCUT2D eigenvalue weighted by Gasteiger charge is -2.06. The van der Waals surface area contributed by atoms with Gasteiger partial charge in [-0.2, -0.15) is 0 Å². The van der Waals surface area contributed by atoms with Gasteiger partial charge in [0.2, 0.25) is 10.0 Å². The van der Waals surface area contributed by atoms with E-state index in [4.69, 9.17) is 4.42 Å². The molecule has 0 amide bonds. The van der Waals surface area contributed by atoms with Gasteiger partial charge >= 0.3 is 5.76 Å². The number of aromatic nitrogens is 1. The molecular weight excluding hydrogens is 304 g/mol. The second-order valence-electron chi connectivity index (χ2n) is 4.81. The van der Waals surface area contributed by atoms with Gasteiger partial charge < -0.3 is 4.42 Å². The predicted molar refractivity (Wildman–Crippen MR) is 82.2 cm³/mol. The normalized spacial score (nSPS) is 11.8. The van der Waals surface area contributed by atoms with Gasteiger partial charge in [-0.05, 0) is 36.2 Å². The molecule has 22 heavy (non-hydrogen) atoms. The molecule has 114 valence electrons. The van der Waals surface area contributed by atoms with Crippen LogP contribution in [-0.4, -0.2) is 19.9 Å². The first kappa shape index (κ1) is 14.6. The Bertz CT molecular complexity index is 942. The fourth-order valence-corrected chi connectivity index (χ4v) is 3.22. The fourth-order valence-electron chi connectivity index (χ4n) is 2.17. The zero-order chi connectivity index (χ0) is 15.6. The van der Waals surface area contributed by atoms with Crippen LogP contribution in [0, 0.1) is 0 Å². The number of oxazole rings is 1. The molecule has 0 fully saturated rings.